The van der Waals surface area contributed by atoms with Crippen LogP contribution in [0.3, 0.4) is 0 Å². The fourth-order valence-corrected chi connectivity index (χ4v) is 2.87. The standard InChI is InChI=1S/C16H22N4/c17-14-6-7-15(16-13(14)5-3-8-19-16)18-9-4-12-20-10-1-2-11-20/h3,5-8,18H,1-2,4,9-12,17H2. The summed E-state index contributed by atoms with van der Waals surface area (Å²) in [5, 5.41) is 4.52. The fraction of sp³-hybridized carbons (Fsp3) is 0.438. The van der Waals surface area contributed by atoms with Crippen molar-refractivity contribution in [1.82, 2.24) is 9.88 Å². The third kappa shape index (κ3) is 2.85. The van der Waals surface area contributed by atoms with E-state index in [0.29, 0.717) is 0 Å². The molecule has 106 valence electrons. The lowest BCUT2D eigenvalue weighted by Gasteiger charge is -2.15. The number of benzene rings is 1. The molecule has 0 spiro atoms. The van der Waals surface area contributed by atoms with Crippen molar-refractivity contribution in [3.8, 4) is 0 Å². The highest BCUT2D eigenvalue weighted by atomic mass is 15.1. The van der Waals surface area contributed by atoms with Crippen LogP contribution in [0.15, 0.2) is 30.5 Å². The Morgan fingerprint density at radius 1 is 1.20 bits per heavy atom. The van der Waals surface area contributed by atoms with Crippen LogP contribution in [0.5, 0.6) is 0 Å². The summed E-state index contributed by atoms with van der Waals surface area (Å²) in [6.45, 7) is 4.71. The van der Waals surface area contributed by atoms with Crippen LogP contribution in [0.1, 0.15) is 19.3 Å². The predicted octanol–water partition coefficient (Wildman–Crippen LogP) is 2.71. The number of nitrogen functional groups attached to an aromatic ring is 1. The molecule has 1 aromatic carbocycles. The van der Waals surface area contributed by atoms with Crippen LogP contribution in [-0.2, 0) is 0 Å². The maximum atomic E-state index is 5.99. The fourth-order valence-electron chi connectivity index (χ4n) is 2.87. The quantitative estimate of drug-likeness (QED) is 0.648. The predicted molar refractivity (Wildman–Crippen MR) is 84.9 cm³/mol. The van der Waals surface area contributed by atoms with E-state index in [0.717, 1.165) is 28.8 Å². The van der Waals surface area contributed by atoms with E-state index in [-0.39, 0.29) is 0 Å². The van der Waals surface area contributed by atoms with Gasteiger partial charge in [0, 0.05) is 23.8 Å². The van der Waals surface area contributed by atoms with Crippen molar-refractivity contribution in [2.24, 2.45) is 0 Å². The summed E-state index contributed by atoms with van der Waals surface area (Å²) in [4.78, 5) is 6.99. The molecule has 2 aromatic rings. The Morgan fingerprint density at radius 2 is 2.05 bits per heavy atom. The topological polar surface area (TPSA) is 54.2 Å². The molecular weight excluding hydrogens is 248 g/mol. The van der Waals surface area contributed by atoms with Gasteiger partial charge in [-0.15, -0.1) is 0 Å². The van der Waals surface area contributed by atoms with E-state index in [2.05, 4.69) is 15.2 Å². The molecule has 1 aliphatic rings. The van der Waals surface area contributed by atoms with Gasteiger partial charge in [0.05, 0.1) is 11.2 Å². The van der Waals surface area contributed by atoms with Crippen LogP contribution in [0, 0.1) is 0 Å². The first-order valence-electron chi connectivity index (χ1n) is 7.44. The van der Waals surface area contributed by atoms with Crippen LogP contribution in [-0.4, -0.2) is 36.1 Å². The molecule has 1 fully saturated rings. The molecule has 3 N–H and O–H groups in total. The van der Waals surface area contributed by atoms with Gasteiger partial charge in [0.1, 0.15) is 0 Å². The highest BCUT2D eigenvalue weighted by Gasteiger charge is 2.10. The number of fused-ring (bicyclic) bond motifs is 1. The number of pyridine rings is 1. The van der Waals surface area contributed by atoms with E-state index in [1.165, 1.54) is 38.9 Å². The zero-order chi connectivity index (χ0) is 13.8. The minimum Gasteiger partial charge on any atom is -0.398 e. The second-order valence-corrected chi connectivity index (χ2v) is 5.43. The van der Waals surface area contributed by atoms with Crippen molar-refractivity contribution < 1.29 is 0 Å². The SMILES string of the molecule is Nc1ccc(NCCCN2CCCC2)c2ncccc12. The van der Waals surface area contributed by atoms with Gasteiger partial charge >= 0.3 is 0 Å². The van der Waals surface area contributed by atoms with Gasteiger partial charge in [0.25, 0.3) is 0 Å². The third-order valence-corrected chi connectivity index (χ3v) is 3.97. The summed E-state index contributed by atoms with van der Waals surface area (Å²) in [6, 6.07) is 7.93. The number of aromatic nitrogens is 1. The number of likely N-dealkylation sites (tertiary alicyclic amines) is 1. The van der Waals surface area contributed by atoms with Gasteiger partial charge in [0.15, 0.2) is 0 Å². The largest absolute Gasteiger partial charge is 0.398 e. The first-order chi connectivity index (χ1) is 9.84. The Balaban J connectivity index is 1.61. The van der Waals surface area contributed by atoms with Gasteiger partial charge in [-0.3, -0.25) is 4.98 Å². The first kappa shape index (κ1) is 13.2. The molecule has 2 heterocycles. The number of nitrogens with two attached hydrogens (primary N) is 1. The summed E-state index contributed by atoms with van der Waals surface area (Å²) in [7, 11) is 0. The van der Waals surface area contributed by atoms with Crippen LogP contribution in [0.4, 0.5) is 11.4 Å². The minimum atomic E-state index is 0.788. The van der Waals surface area contributed by atoms with Crippen molar-refractivity contribution in [2.45, 2.75) is 19.3 Å². The molecule has 0 bridgehead atoms. The van der Waals surface area contributed by atoms with Crippen LogP contribution < -0.4 is 11.1 Å². The molecule has 0 unspecified atom stereocenters. The molecule has 4 nitrogen and oxygen atoms in total. The van der Waals surface area contributed by atoms with Crippen LogP contribution in [0.2, 0.25) is 0 Å². The van der Waals surface area contributed by atoms with Gasteiger partial charge in [0.2, 0.25) is 0 Å². The molecular formula is C16H22N4. The number of rotatable bonds is 5. The molecule has 0 atom stereocenters. The Kier molecular flexibility index (Phi) is 4.02. The summed E-state index contributed by atoms with van der Waals surface area (Å²) in [6.07, 6.45) is 5.70. The van der Waals surface area contributed by atoms with Gasteiger partial charge in [-0.1, -0.05) is 0 Å². The molecule has 0 aliphatic carbocycles. The number of nitrogens with one attached hydrogen (secondary N) is 1. The van der Waals surface area contributed by atoms with Crippen molar-refractivity contribution in [1.29, 1.82) is 0 Å². The lowest BCUT2D eigenvalue weighted by molar-refractivity contribution is 0.337. The molecule has 3 rings (SSSR count). The van der Waals surface area contributed by atoms with Gasteiger partial charge < -0.3 is 16.0 Å². The van der Waals surface area contributed by atoms with Gasteiger partial charge in [-0.25, -0.2) is 0 Å². The molecule has 0 saturated carbocycles. The van der Waals surface area contributed by atoms with Crippen molar-refractivity contribution in [3.63, 3.8) is 0 Å². The molecule has 1 aromatic heterocycles. The molecule has 0 radical (unpaired) electrons. The average molecular weight is 270 g/mol. The smallest absolute Gasteiger partial charge is 0.0953 e. The molecule has 1 aliphatic heterocycles. The number of anilines is 2. The second-order valence-electron chi connectivity index (χ2n) is 5.43. The van der Waals surface area contributed by atoms with E-state index in [4.69, 9.17) is 5.73 Å². The Hall–Kier alpha value is -1.81. The summed E-state index contributed by atoms with van der Waals surface area (Å²) >= 11 is 0. The highest BCUT2D eigenvalue weighted by molar-refractivity contribution is 5.98. The maximum Gasteiger partial charge on any atom is 0.0953 e. The highest BCUT2D eigenvalue weighted by Crippen LogP contribution is 2.26. The third-order valence-electron chi connectivity index (χ3n) is 3.97. The first-order valence-corrected chi connectivity index (χ1v) is 7.44. The molecule has 1 saturated heterocycles. The number of hydrogen-bond acceptors (Lipinski definition) is 4. The zero-order valence-corrected chi connectivity index (χ0v) is 11.8. The average Bonchev–Trinajstić information content (AvgIpc) is 2.99. The van der Waals surface area contributed by atoms with E-state index in [1.807, 2.05) is 30.5 Å². The van der Waals surface area contributed by atoms with E-state index < -0.39 is 0 Å². The second kappa shape index (κ2) is 6.09. The number of hydrogen-bond donors (Lipinski definition) is 2. The normalized spacial score (nSPS) is 15.8. The Labute approximate surface area is 120 Å². The lowest BCUT2D eigenvalue weighted by Crippen LogP contribution is -2.22. The van der Waals surface area contributed by atoms with Crippen LogP contribution in [0.25, 0.3) is 10.9 Å². The number of nitrogens with zero attached hydrogens (tertiary/aromatic N) is 2. The van der Waals surface area contributed by atoms with Crippen molar-refractivity contribution in [2.75, 3.05) is 37.2 Å². The lowest BCUT2D eigenvalue weighted by atomic mass is 10.1. The maximum absolute atomic E-state index is 5.99. The Bertz CT molecular complexity index is 576. The zero-order valence-electron chi connectivity index (χ0n) is 11.8. The van der Waals surface area contributed by atoms with Crippen molar-refractivity contribution >= 4 is 22.3 Å². The molecule has 4 heteroatoms. The van der Waals surface area contributed by atoms with Crippen molar-refractivity contribution in [3.05, 3.63) is 30.5 Å². The Morgan fingerprint density at radius 3 is 2.90 bits per heavy atom. The van der Waals surface area contributed by atoms with Gasteiger partial charge in [-0.2, -0.15) is 0 Å². The summed E-state index contributed by atoms with van der Waals surface area (Å²) in [5.74, 6) is 0. The molecule has 20 heavy (non-hydrogen) atoms. The van der Waals surface area contributed by atoms with E-state index in [1.54, 1.807) is 0 Å². The monoisotopic (exact) mass is 270 g/mol. The molecule has 0 amide bonds. The van der Waals surface area contributed by atoms with Gasteiger partial charge in [-0.05, 0) is 63.2 Å². The van der Waals surface area contributed by atoms with E-state index in [9.17, 15) is 0 Å². The van der Waals surface area contributed by atoms with E-state index >= 15 is 0 Å². The summed E-state index contributed by atoms with van der Waals surface area (Å²) in [5.41, 5.74) is 8.82. The minimum absolute atomic E-state index is 0.788. The summed E-state index contributed by atoms with van der Waals surface area (Å²) < 4.78 is 0. The van der Waals surface area contributed by atoms with Crippen LogP contribution >= 0.6 is 0 Å².